The number of hydrogen-bond donors (Lipinski definition) is 0. The number of aryl methyl sites for hydroxylation is 1. The molecular formula is C28H28N2O3. The van der Waals surface area contributed by atoms with Crippen LogP contribution in [0.4, 0.5) is 0 Å². The molecule has 0 aliphatic heterocycles. The van der Waals surface area contributed by atoms with Crippen molar-refractivity contribution in [2.24, 2.45) is 5.92 Å². The highest BCUT2D eigenvalue weighted by atomic mass is 16.6. The quantitative estimate of drug-likeness (QED) is 0.407. The molecule has 0 amide bonds. The molecule has 3 aromatic rings. The Hall–Kier alpha value is -3.65. The molecule has 2 unspecified atom stereocenters. The van der Waals surface area contributed by atoms with E-state index in [0.717, 1.165) is 34.4 Å². The van der Waals surface area contributed by atoms with Gasteiger partial charge < -0.3 is 9.47 Å². The molecule has 0 N–H and O–H groups in total. The molecule has 2 aromatic carbocycles. The fraction of sp³-hybridized carbons (Fsp3) is 0.321. The van der Waals surface area contributed by atoms with Crippen LogP contribution in [0.2, 0.25) is 0 Å². The van der Waals surface area contributed by atoms with Crippen molar-refractivity contribution in [2.45, 2.75) is 45.6 Å². The first-order valence-electron chi connectivity index (χ1n) is 11.1. The Morgan fingerprint density at radius 1 is 1.03 bits per heavy atom. The molecule has 0 radical (unpaired) electrons. The molecule has 1 saturated carbocycles. The lowest BCUT2D eigenvalue weighted by atomic mass is 10.00. The zero-order chi connectivity index (χ0) is 23.6. The van der Waals surface area contributed by atoms with Gasteiger partial charge in [-0.1, -0.05) is 29.7 Å². The van der Waals surface area contributed by atoms with Gasteiger partial charge in [0.2, 0.25) is 0 Å². The van der Waals surface area contributed by atoms with E-state index in [4.69, 9.17) is 9.47 Å². The van der Waals surface area contributed by atoms with E-state index in [2.05, 4.69) is 28.1 Å². The third-order valence-corrected chi connectivity index (χ3v) is 5.50. The Bertz CT molecular complexity index is 1230. The van der Waals surface area contributed by atoms with Gasteiger partial charge in [-0.3, -0.25) is 4.79 Å². The standard InChI is InChI=1S/C28H28N2O3/c1-18-6-8-19(9-7-18)10-12-22-14-21(17-29-30-22)20-11-13-26(32-5)24(15-20)23-16-25(23)27(31)33-28(2,3)4/h6-9,11,13-15,17,23,25H,16H2,1-5H3. The van der Waals surface area contributed by atoms with Gasteiger partial charge in [-0.25, -0.2) is 0 Å². The number of nitrogens with zero attached hydrogens (tertiary/aromatic N) is 2. The fourth-order valence-corrected chi connectivity index (χ4v) is 3.74. The monoisotopic (exact) mass is 440 g/mol. The van der Waals surface area contributed by atoms with Crippen molar-refractivity contribution >= 4 is 5.97 Å². The van der Waals surface area contributed by atoms with Crippen LogP contribution in [0.3, 0.4) is 0 Å². The van der Waals surface area contributed by atoms with Crippen LogP contribution in [-0.4, -0.2) is 28.9 Å². The van der Waals surface area contributed by atoms with Gasteiger partial charge in [0.05, 0.1) is 19.2 Å². The third kappa shape index (κ3) is 5.59. The summed E-state index contributed by atoms with van der Waals surface area (Å²) in [6.45, 7) is 7.71. The number of carbonyl (C=O) groups is 1. The zero-order valence-electron chi connectivity index (χ0n) is 19.7. The van der Waals surface area contributed by atoms with Crippen LogP contribution in [0.25, 0.3) is 11.1 Å². The summed E-state index contributed by atoms with van der Waals surface area (Å²) in [4.78, 5) is 12.5. The highest BCUT2D eigenvalue weighted by Gasteiger charge is 2.47. The maximum Gasteiger partial charge on any atom is 0.310 e. The Kier molecular flexibility index (Phi) is 6.20. The minimum atomic E-state index is -0.491. The van der Waals surface area contributed by atoms with Gasteiger partial charge in [-0.2, -0.15) is 5.10 Å². The Labute approximate surface area is 195 Å². The minimum absolute atomic E-state index is 0.0883. The summed E-state index contributed by atoms with van der Waals surface area (Å²) in [5, 5.41) is 8.31. The van der Waals surface area contributed by atoms with Crippen LogP contribution in [0.5, 0.6) is 5.75 Å². The molecule has 168 valence electrons. The normalized spacial score (nSPS) is 17.0. The molecule has 1 aliphatic carbocycles. The highest BCUT2D eigenvalue weighted by molar-refractivity contribution is 5.79. The van der Waals surface area contributed by atoms with Crippen molar-refractivity contribution in [3.63, 3.8) is 0 Å². The smallest absolute Gasteiger partial charge is 0.310 e. The first-order valence-corrected chi connectivity index (χ1v) is 11.1. The molecule has 0 spiro atoms. The van der Waals surface area contributed by atoms with E-state index < -0.39 is 5.60 Å². The topological polar surface area (TPSA) is 61.3 Å². The molecule has 2 atom stereocenters. The van der Waals surface area contributed by atoms with E-state index in [1.165, 1.54) is 5.56 Å². The second-order valence-electron chi connectivity index (χ2n) is 9.38. The van der Waals surface area contributed by atoms with E-state index in [0.29, 0.717) is 5.69 Å². The molecule has 33 heavy (non-hydrogen) atoms. The minimum Gasteiger partial charge on any atom is -0.496 e. The lowest BCUT2D eigenvalue weighted by Gasteiger charge is -2.19. The average molecular weight is 441 g/mol. The van der Waals surface area contributed by atoms with Gasteiger partial charge in [0.15, 0.2) is 0 Å². The van der Waals surface area contributed by atoms with Gasteiger partial charge in [0.1, 0.15) is 17.0 Å². The van der Waals surface area contributed by atoms with Crippen molar-refractivity contribution in [2.75, 3.05) is 7.11 Å². The molecule has 5 heteroatoms. The maximum absolute atomic E-state index is 12.5. The lowest BCUT2D eigenvalue weighted by molar-refractivity contribution is -0.156. The van der Waals surface area contributed by atoms with Crippen molar-refractivity contribution in [1.29, 1.82) is 0 Å². The molecule has 1 aromatic heterocycles. The van der Waals surface area contributed by atoms with Crippen molar-refractivity contribution in [3.05, 3.63) is 77.1 Å². The molecule has 1 fully saturated rings. The Morgan fingerprint density at radius 3 is 2.48 bits per heavy atom. The van der Waals surface area contributed by atoms with Gasteiger partial charge in [0, 0.05) is 17.0 Å². The first-order chi connectivity index (χ1) is 15.7. The van der Waals surface area contributed by atoms with Crippen LogP contribution >= 0.6 is 0 Å². The maximum atomic E-state index is 12.5. The molecule has 1 heterocycles. The molecule has 5 nitrogen and oxygen atoms in total. The fourth-order valence-electron chi connectivity index (χ4n) is 3.74. The van der Waals surface area contributed by atoms with Crippen LogP contribution in [0.15, 0.2) is 54.7 Å². The van der Waals surface area contributed by atoms with E-state index in [1.54, 1.807) is 13.3 Å². The van der Waals surface area contributed by atoms with E-state index in [9.17, 15) is 4.79 Å². The molecule has 0 bridgehead atoms. The summed E-state index contributed by atoms with van der Waals surface area (Å²) in [6, 6.07) is 16.0. The number of carbonyl (C=O) groups excluding carboxylic acids is 1. The summed E-state index contributed by atoms with van der Waals surface area (Å²) in [5.41, 5.74) is 5.14. The highest BCUT2D eigenvalue weighted by Crippen LogP contribution is 2.52. The Balaban J connectivity index is 1.58. The van der Waals surface area contributed by atoms with Crippen LogP contribution in [0, 0.1) is 24.7 Å². The van der Waals surface area contributed by atoms with E-state index in [1.807, 2.05) is 70.2 Å². The summed E-state index contributed by atoms with van der Waals surface area (Å²) in [5.74, 6) is 6.80. The number of esters is 1. The lowest BCUT2D eigenvalue weighted by Crippen LogP contribution is -2.25. The summed E-state index contributed by atoms with van der Waals surface area (Å²) in [7, 11) is 1.65. The summed E-state index contributed by atoms with van der Waals surface area (Å²) >= 11 is 0. The van der Waals surface area contributed by atoms with Crippen molar-refractivity contribution < 1.29 is 14.3 Å². The molecular weight excluding hydrogens is 412 g/mol. The molecule has 4 rings (SSSR count). The van der Waals surface area contributed by atoms with Crippen LogP contribution < -0.4 is 4.74 Å². The van der Waals surface area contributed by atoms with Gasteiger partial charge in [0.25, 0.3) is 0 Å². The molecule has 1 aliphatic rings. The zero-order valence-corrected chi connectivity index (χ0v) is 19.7. The van der Waals surface area contributed by atoms with Gasteiger partial charge >= 0.3 is 5.97 Å². The van der Waals surface area contributed by atoms with Crippen LogP contribution in [-0.2, 0) is 9.53 Å². The SMILES string of the molecule is COc1ccc(-c2cnnc(C#Cc3ccc(C)cc3)c2)cc1C1CC1C(=O)OC(C)(C)C. The van der Waals surface area contributed by atoms with Gasteiger partial charge in [-0.15, -0.1) is 5.10 Å². The largest absolute Gasteiger partial charge is 0.496 e. The average Bonchev–Trinajstić information content (AvgIpc) is 3.58. The third-order valence-electron chi connectivity index (χ3n) is 5.50. The predicted octanol–water partition coefficient (Wildman–Crippen LogP) is 5.31. The second-order valence-corrected chi connectivity index (χ2v) is 9.38. The van der Waals surface area contributed by atoms with Crippen molar-refractivity contribution in [3.8, 4) is 28.7 Å². The number of methoxy groups -OCH3 is 1. The molecule has 0 saturated heterocycles. The van der Waals surface area contributed by atoms with E-state index >= 15 is 0 Å². The number of hydrogen-bond acceptors (Lipinski definition) is 5. The van der Waals surface area contributed by atoms with Crippen molar-refractivity contribution in [1.82, 2.24) is 10.2 Å². The van der Waals surface area contributed by atoms with Crippen LogP contribution in [0.1, 0.15) is 55.5 Å². The van der Waals surface area contributed by atoms with E-state index in [-0.39, 0.29) is 17.8 Å². The Morgan fingerprint density at radius 2 is 1.79 bits per heavy atom. The first kappa shape index (κ1) is 22.5. The summed E-state index contributed by atoms with van der Waals surface area (Å²) < 4.78 is 11.2. The number of benzene rings is 2. The number of ether oxygens (including phenoxy) is 2. The number of aromatic nitrogens is 2. The summed E-state index contributed by atoms with van der Waals surface area (Å²) in [6.07, 6.45) is 2.48. The van der Waals surface area contributed by atoms with Gasteiger partial charge in [-0.05, 0) is 81.5 Å². The predicted molar refractivity (Wildman–Crippen MR) is 128 cm³/mol. The number of rotatable bonds is 4. The second kappa shape index (κ2) is 9.07.